The highest BCUT2D eigenvalue weighted by molar-refractivity contribution is 9.10. The second-order valence-corrected chi connectivity index (χ2v) is 8.55. The minimum atomic E-state index is -3.77. The number of carbonyl (C=O) groups is 1. The summed E-state index contributed by atoms with van der Waals surface area (Å²) in [7, 11) is -3.77. The van der Waals surface area contributed by atoms with E-state index in [0.717, 1.165) is 0 Å². The zero-order chi connectivity index (χ0) is 16.4. The van der Waals surface area contributed by atoms with Gasteiger partial charge in [-0.3, -0.25) is 4.79 Å². The first-order valence-corrected chi connectivity index (χ1v) is 8.70. The van der Waals surface area contributed by atoms with Gasteiger partial charge in [0, 0.05) is 16.6 Å². The monoisotopic (exact) mass is 377 g/mol. The lowest BCUT2D eigenvalue weighted by molar-refractivity contribution is -0.137. The zero-order valence-electron chi connectivity index (χ0n) is 12.6. The van der Waals surface area contributed by atoms with Gasteiger partial charge in [-0.05, 0) is 45.4 Å². The van der Waals surface area contributed by atoms with Crippen LogP contribution in [0.5, 0.6) is 0 Å². The van der Waals surface area contributed by atoms with Gasteiger partial charge in [-0.25, -0.2) is 8.42 Å². The van der Waals surface area contributed by atoms with Crippen LogP contribution < -0.4 is 0 Å². The third-order valence-corrected chi connectivity index (χ3v) is 5.79. The minimum Gasteiger partial charge on any atom is -0.481 e. The van der Waals surface area contributed by atoms with Gasteiger partial charge in [0.25, 0.3) is 0 Å². The van der Waals surface area contributed by atoms with Crippen LogP contribution in [0.25, 0.3) is 0 Å². The fraction of sp³-hybridized carbons (Fsp3) is 0.500. The van der Waals surface area contributed by atoms with Crippen LogP contribution in [0.1, 0.15) is 32.8 Å². The Hall–Kier alpha value is -0.920. The molecule has 0 bridgehead atoms. The summed E-state index contributed by atoms with van der Waals surface area (Å²) in [5, 5.41) is 8.83. The van der Waals surface area contributed by atoms with Gasteiger partial charge < -0.3 is 5.11 Å². The first-order chi connectivity index (χ1) is 9.46. The van der Waals surface area contributed by atoms with Gasteiger partial charge in [-0.2, -0.15) is 4.31 Å². The van der Waals surface area contributed by atoms with E-state index in [4.69, 9.17) is 5.11 Å². The molecular weight excluding hydrogens is 358 g/mol. The number of halogens is 1. The minimum absolute atomic E-state index is 0.0624. The van der Waals surface area contributed by atoms with Gasteiger partial charge in [0.2, 0.25) is 10.0 Å². The van der Waals surface area contributed by atoms with E-state index in [9.17, 15) is 13.2 Å². The molecule has 0 aliphatic carbocycles. The number of carboxylic acid groups (broad SMARTS) is 1. The SMILES string of the molecule is Cc1ccc(Br)cc1S(=O)(=O)N(CCC(=O)O)C(C)(C)C. The summed E-state index contributed by atoms with van der Waals surface area (Å²) in [5.41, 5.74) is -0.0777. The topological polar surface area (TPSA) is 74.7 Å². The molecule has 7 heteroatoms. The highest BCUT2D eigenvalue weighted by atomic mass is 79.9. The van der Waals surface area contributed by atoms with Crippen molar-refractivity contribution in [1.82, 2.24) is 4.31 Å². The van der Waals surface area contributed by atoms with Gasteiger partial charge in [-0.15, -0.1) is 0 Å². The van der Waals surface area contributed by atoms with Crippen LogP contribution >= 0.6 is 15.9 Å². The Kier molecular flexibility index (Phi) is 5.57. The largest absolute Gasteiger partial charge is 0.481 e. The first kappa shape index (κ1) is 18.1. The van der Waals surface area contributed by atoms with Crippen LogP contribution in [0, 0.1) is 6.92 Å². The van der Waals surface area contributed by atoms with Crippen molar-refractivity contribution in [3.8, 4) is 0 Å². The van der Waals surface area contributed by atoms with Crippen LogP contribution in [0.3, 0.4) is 0 Å². The number of rotatable bonds is 5. The van der Waals surface area contributed by atoms with Crippen LogP contribution in [-0.4, -0.2) is 35.9 Å². The van der Waals surface area contributed by atoms with Crippen molar-refractivity contribution in [2.75, 3.05) is 6.54 Å². The van der Waals surface area contributed by atoms with Gasteiger partial charge in [0.1, 0.15) is 0 Å². The highest BCUT2D eigenvalue weighted by Gasteiger charge is 2.35. The lowest BCUT2D eigenvalue weighted by Crippen LogP contribution is -2.46. The molecule has 0 amide bonds. The molecule has 0 heterocycles. The van der Waals surface area contributed by atoms with Gasteiger partial charge in [0.05, 0.1) is 11.3 Å². The van der Waals surface area contributed by atoms with E-state index in [0.29, 0.717) is 10.0 Å². The summed E-state index contributed by atoms with van der Waals surface area (Å²) in [6.07, 6.45) is -0.233. The molecule has 0 spiro atoms. The second kappa shape index (κ2) is 6.46. The number of hydrogen-bond acceptors (Lipinski definition) is 3. The van der Waals surface area contributed by atoms with E-state index >= 15 is 0 Å². The predicted octanol–water partition coefficient (Wildman–Crippen LogP) is 3.02. The molecule has 0 saturated carbocycles. The summed E-state index contributed by atoms with van der Waals surface area (Å²) in [4.78, 5) is 11.0. The maximum absolute atomic E-state index is 12.9. The molecule has 0 aliphatic rings. The lowest BCUT2D eigenvalue weighted by atomic mass is 10.1. The number of aryl methyl sites for hydroxylation is 1. The van der Waals surface area contributed by atoms with Crippen LogP contribution in [0.15, 0.2) is 27.6 Å². The predicted molar refractivity (Wildman–Crippen MR) is 84.8 cm³/mol. The number of benzene rings is 1. The molecule has 1 N–H and O–H groups in total. The molecule has 1 aromatic carbocycles. The van der Waals surface area contributed by atoms with Crippen LogP contribution in [-0.2, 0) is 14.8 Å². The number of nitrogens with zero attached hydrogens (tertiary/aromatic N) is 1. The summed E-state index contributed by atoms with van der Waals surface area (Å²) < 4.78 is 27.7. The van der Waals surface area contributed by atoms with Crippen molar-refractivity contribution in [3.63, 3.8) is 0 Å². The number of hydrogen-bond donors (Lipinski definition) is 1. The summed E-state index contributed by atoms with van der Waals surface area (Å²) in [6, 6.07) is 5.03. The quantitative estimate of drug-likeness (QED) is 0.855. The van der Waals surface area contributed by atoms with Crippen molar-refractivity contribution in [3.05, 3.63) is 28.2 Å². The molecule has 21 heavy (non-hydrogen) atoms. The molecular formula is C14H20BrNO4S. The first-order valence-electron chi connectivity index (χ1n) is 6.47. The highest BCUT2D eigenvalue weighted by Crippen LogP contribution is 2.28. The van der Waals surface area contributed by atoms with E-state index in [-0.39, 0.29) is 17.9 Å². The number of carboxylic acids is 1. The van der Waals surface area contributed by atoms with Crippen molar-refractivity contribution >= 4 is 31.9 Å². The fourth-order valence-electron chi connectivity index (χ4n) is 1.98. The van der Waals surface area contributed by atoms with Crippen molar-refractivity contribution < 1.29 is 18.3 Å². The molecule has 118 valence electrons. The van der Waals surface area contributed by atoms with Crippen LogP contribution in [0.2, 0.25) is 0 Å². The normalized spacial score (nSPS) is 12.7. The van der Waals surface area contributed by atoms with Gasteiger partial charge in [-0.1, -0.05) is 22.0 Å². The van der Waals surface area contributed by atoms with E-state index in [1.54, 1.807) is 45.9 Å². The van der Waals surface area contributed by atoms with Gasteiger partial charge in [0.15, 0.2) is 0 Å². The zero-order valence-corrected chi connectivity index (χ0v) is 15.0. The third kappa shape index (κ3) is 4.52. The Morgan fingerprint density at radius 2 is 1.90 bits per heavy atom. The van der Waals surface area contributed by atoms with E-state index in [1.165, 1.54) is 4.31 Å². The Morgan fingerprint density at radius 3 is 2.38 bits per heavy atom. The molecule has 0 aromatic heterocycles. The average molecular weight is 378 g/mol. The maximum atomic E-state index is 12.9. The standard InChI is InChI=1S/C14H20BrNO4S/c1-10-5-6-11(15)9-12(10)21(19,20)16(14(2,3)4)8-7-13(17)18/h5-6,9H,7-8H2,1-4H3,(H,17,18). The Balaban J connectivity index is 3.33. The molecule has 1 rings (SSSR count). The second-order valence-electron chi connectivity index (χ2n) is 5.80. The number of aliphatic carboxylic acids is 1. The van der Waals surface area contributed by atoms with Gasteiger partial charge >= 0.3 is 5.97 Å². The van der Waals surface area contributed by atoms with Crippen molar-refractivity contribution in [1.29, 1.82) is 0 Å². The molecule has 5 nitrogen and oxygen atoms in total. The molecule has 0 atom stereocenters. The van der Waals surface area contributed by atoms with E-state index in [1.807, 2.05) is 0 Å². The van der Waals surface area contributed by atoms with Crippen molar-refractivity contribution in [2.24, 2.45) is 0 Å². The van der Waals surface area contributed by atoms with Crippen molar-refractivity contribution in [2.45, 2.75) is 44.6 Å². The van der Waals surface area contributed by atoms with Crippen LogP contribution in [0.4, 0.5) is 0 Å². The number of sulfonamides is 1. The Labute approximate surface area is 134 Å². The molecule has 0 aliphatic heterocycles. The summed E-state index contributed by atoms with van der Waals surface area (Å²) in [6.45, 7) is 6.91. The summed E-state index contributed by atoms with van der Waals surface area (Å²) >= 11 is 3.27. The smallest absolute Gasteiger partial charge is 0.304 e. The average Bonchev–Trinajstić information content (AvgIpc) is 2.29. The van der Waals surface area contributed by atoms with E-state index < -0.39 is 21.5 Å². The van der Waals surface area contributed by atoms with E-state index in [2.05, 4.69) is 15.9 Å². The molecule has 0 fully saturated rings. The maximum Gasteiger partial charge on any atom is 0.304 e. The molecule has 1 aromatic rings. The summed E-state index contributed by atoms with van der Waals surface area (Å²) in [5.74, 6) is -1.02. The Bertz CT molecular complexity index is 635. The third-order valence-electron chi connectivity index (χ3n) is 3.00. The Morgan fingerprint density at radius 1 is 1.33 bits per heavy atom. The fourth-order valence-corrected chi connectivity index (χ4v) is 4.54. The molecule has 0 unspecified atom stereocenters. The lowest BCUT2D eigenvalue weighted by Gasteiger charge is -2.34. The molecule has 0 radical (unpaired) electrons. The molecule has 0 saturated heterocycles.